The molecule has 12 heavy (non-hydrogen) atoms. The fraction of sp³-hybridized carbons (Fsp3) is 0.250. The number of carbonyl (C=O) groups excluding carboxylic acids is 1. The van der Waals surface area contributed by atoms with Crippen molar-refractivity contribution in [1.82, 2.24) is 9.88 Å². The lowest BCUT2D eigenvalue weighted by atomic mass is 10.2. The van der Waals surface area contributed by atoms with E-state index in [-0.39, 0.29) is 5.91 Å². The summed E-state index contributed by atoms with van der Waals surface area (Å²) in [6.07, 6.45) is 3.29. The first kappa shape index (κ1) is 9.44. The largest absolute Gasteiger partial charge is 0.345 e. The molecule has 3 nitrogen and oxygen atoms in total. The number of nitrogens with zero attached hydrogens (tertiary/aromatic N) is 2. The van der Waals surface area contributed by atoms with Gasteiger partial charge in [-0.15, -0.1) is 0 Å². The number of hydrogen-bond donors (Lipinski definition) is 0. The van der Waals surface area contributed by atoms with Crippen molar-refractivity contribution in [2.75, 3.05) is 14.1 Å². The lowest BCUT2D eigenvalue weighted by Gasteiger charge is -2.09. The summed E-state index contributed by atoms with van der Waals surface area (Å²) in [6.45, 7) is 0. The zero-order valence-electron chi connectivity index (χ0n) is 6.91. The summed E-state index contributed by atoms with van der Waals surface area (Å²) < 4.78 is 0.973. The summed E-state index contributed by atoms with van der Waals surface area (Å²) in [5.41, 5.74) is 0.631. The van der Waals surface area contributed by atoms with Gasteiger partial charge in [0.25, 0.3) is 5.91 Å². The van der Waals surface area contributed by atoms with Gasteiger partial charge in [0.2, 0.25) is 0 Å². The minimum Gasteiger partial charge on any atom is -0.345 e. The molecule has 0 unspecified atom stereocenters. The molecule has 0 aliphatic carbocycles. The number of carbonyl (C=O) groups is 1. The van der Waals surface area contributed by atoms with Crippen LogP contribution in [0.25, 0.3) is 0 Å². The summed E-state index contributed by atoms with van der Waals surface area (Å²) in [6, 6.07) is 1.82. The first-order valence-corrected chi connectivity index (χ1v) is 4.51. The number of rotatable bonds is 1. The van der Waals surface area contributed by atoms with E-state index in [1.165, 1.54) is 4.90 Å². The Balaban J connectivity index is 2.96. The van der Waals surface area contributed by atoms with E-state index in [1.54, 1.807) is 26.5 Å². The monoisotopic (exact) mass is 276 g/mol. The van der Waals surface area contributed by atoms with Crippen LogP contribution < -0.4 is 0 Å². The second-order valence-electron chi connectivity index (χ2n) is 2.59. The van der Waals surface area contributed by atoms with Crippen LogP contribution in [-0.4, -0.2) is 29.9 Å². The molecule has 0 aliphatic rings. The molecule has 0 atom stereocenters. The molecule has 0 bridgehead atoms. The van der Waals surface area contributed by atoms with E-state index >= 15 is 0 Å². The van der Waals surface area contributed by atoms with Crippen molar-refractivity contribution in [3.63, 3.8) is 0 Å². The standard InChI is InChI=1S/C8H9IN2O/c1-11(2)8(12)6-3-7(9)5-10-4-6/h3-5H,1-2H3. The normalized spacial score (nSPS) is 9.58. The summed E-state index contributed by atoms with van der Waals surface area (Å²) in [5.74, 6) is -0.0129. The predicted molar refractivity (Wildman–Crippen MR) is 55.0 cm³/mol. The van der Waals surface area contributed by atoms with Crippen molar-refractivity contribution in [2.24, 2.45) is 0 Å². The average molecular weight is 276 g/mol. The summed E-state index contributed by atoms with van der Waals surface area (Å²) in [7, 11) is 3.45. The lowest BCUT2D eigenvalue weighted by molar-refractivity contribution is 0.0827. The van der Waals surface area contributed by atoms with Gasteiger partial charge in [0.15, 0.2) is 0 Å². The number of halogens is 1. The molecule has 0 spiro atoms. The van der Waals surface area contributed by atoms with Gasteiger partial charge < -0.3 is 4.90 Å². The van der Waals surface area contributed by atoms with Crippen molar-refractivity contribution in [3.05, 3.63) is 27.6 Å². The van der Waals surface area contributed by atoms with Crippen LogP contribution in [0.3, 0.4) is 0 Å². The fourth-order valence-electron chi connectivity index (χ4n) is 0.787. The van der Waals surface area contributed by atoms with Gasteiger partial charge in [-0.2, -0.15) is 0 Å². The Morgan fingerprint density at radius 2 is 2.17 bits per heavy atom. The number of pyridine rings is 1. The van der Waals surface area contributed by atoms with Gasteiger partial charge in [-0.3, -0.25) is 9.78 Å². The molecule has 64 valence electrons. The van der Waals surface area contributed by atoms with E-state index in [0.29, 0.717) is 5.56 Å². The topological polar surface area (TPSA) is 33.2 Å². The van der Waals surface area contributed by atoms with E-state index in [4.69, 9.17) is 0 Å². The Hall–Kier alpha value is -0.650. The molecule has 1 amide bonds. The lowest BCUT2D eigenvalue weighted by Crippen LogP contribution is -2.21. The Bertz CT molecular complexity index is 299. The molecule has 0 radical (unpaired) electrons. The van der Waals surface area contributed by atoms with Crippen molar-refractivity contribution in [2.45, 2.75) is 0 Å². The Morgan fingerprint density at radius 1 is 1.50 bits per heavy atom. The van der Waals surface area contributed by atoms with Gasteiger partial charge >= 0.3 is 0 Å². The third-order valence-electron chi connectivity index (χ3n) is 1.36. The highest BCUT2D eigenvalue weighted by atomic mass is 127. The second-order valence-corrected chi connectivity index (χ2v) is 3.84. The SMILES string of the molecule is CN(C)C(=O)c1cncc(I)c1. The quantitative estimate of drug-likeness (QED) is 0.726. The van der Waals surface area contributed by atoms with Crippen LogP contribution in [0.1, 0.15) is 10.4 Å². The molecule has 1 aromatic heterocycles. The van der Waals surface area contributed by atoms with Gasteiger partial charge in [0, 0.05) is 30.1 Å². The molecule has 1 aromatic rings. The Labute approximate surface area is 84.9 Å². The molecule has 1 rings (SSSR count). The van der Waals surface area contributed by atoms with Gasteiger partial charge in [-0.25, -0.2) is 0 Å². The fourth-order valence-corrected chi connectivity index (χ4v) is 1.28. The van der Waals surface area contributed by atoms with Gasteiger partial charge in [-0.05, 0) is 28.7 Å². The average Bonchev–Trinajstić information content (AvgIpc) is 2.03. The first-order valence-electron chi connectivity index (χ1n) is 3.43. The van der Waals surface area contributed by atoms with Gasteiger partial charge in [0.05, 0.1) is 5.56 Å². The highest BCUT2D eigenvalue weighted by Gasteiger charge is 2.07. The van der Waals surface area contributed by atoms with Crippen LogP contribution >= 0.6 is 22.6 Å². The zero-order valence-corrected chi connectivity index (χ0v) is 9.07. The molecule has 1 heterocycles. The first-order chi connectivity index (χ1) is 5.61. The van der Waals surface area contributed by atoms with Crippen molar-refractivity contribution >= 4 is 28.5 Å². The Morgan fingerprint density at radius 3 is 2.67 bits per heavy atom. The van der Waals surface area contributed by atoms with Gasteiger partial charge in [-0.1, -0.05) is 0 Å². The molecule has 4 heteroatoms. The molecule has 0 aromatic carbocycles. The summed E-state index contributed by atoms with van der Waals surface area (Å²) in [5, 5.41) is 0. The van der Waals surface area contributed by atoms with E-state index < -0.39 is 0 Å². The number of aromatic nitrogens is 1. The molecular weight excluding hydrogens is 267 g/mol. The van der Waals surface area contributed by atoms with Gasteiger partial charge in [0.1, 0.15) is 0 Å². The molecule has 0 N–H and O–H groups in total. The third kappa shape index (κ3) is 2.17. The van der Waals surface area contributed by atoms with Crippen LogP contribution in [0.15, 0.2) is 18.5 Å². The minimum absolute atomic E-state index is 0.0129. The smallest absolute Gasteiger partial charge is 0.254 e. The van der Waals surface area contributed by atoms with Crippen molar-refractivity contribution in [1.29, 1.82) is 0 Å². The molecule has 0 saturated carbocycles. The number of amides is 1. The minimum atomic E-state index is -0.0129. The van der Waals surface area contributed by atoms with E-state index in [9.17, 15) is 4.79 Å². The molecule has 0 aliphatic heterocycles. The van der Waals surface area contributed by atoms with E-state index in [2.05, 4.69) is 27.6 Å². The predicted octanol–water partition coefficient (Wildman–Crippen LogP) is 1.39. The van der Waals surface area contributed by atoms with Crippen molar-refractivity contribution in [3.8, 4) is 0 Å². The maximum atomic E-state index is 11.4. The van der Waals surface area contributed by atoms with E-state index in [1.807, 2.05) is 6.07 Å². The molecule has 0 fully saturated rings. The summed E-state index contributed by atoms with van der Waals surface area (Å²) in [4.78, 5) is 16.8. The summed E-state index contributed by atoms with van der Waals surface area (Å²) >= 11 is 2.13. The van der Waals surface area contributed by atoms with Crippen LogP contribution in [0, 0.1) is 3.57 Å². The maximum absolute atomic E-state index is 11.4. The van der Waals surface area contributed by atoms with Crippen molar-refractivity contribution < 1.29 is 4.79 Å². The van der Waals surface area contributed by atoms with Crippen LogP contribution in [0.2, 0.25) is 0 Å². The van der Waals surface area contributed by atoms with Crippen LogP contribution in [0.5, 0.6) is 0 Å². The van der Waals surface area contributed by atoms with Crippen LogP contribution in [-0.2, 0) is 0 Å². The highest BCUT2D eigenvalue weighted by molar-refractivity contribution is 14.1. The maximum Gasteiger partial charge on any atom is 0.254 e. The number of hydrogen-bond acceptors (Lipinski definition) is 2. The zero-order chi connectivity index (χ0) is 9.14. The molecular formula is C8H9IN2O. The second kappa shape index (κ2) is 3.84. The highest BCUT2D eigenvalue weighted by Crippen LogP contribution is 2.06. The molecule has 0 saturated heterocycles. The third-order valence-corrected chi connectivity index (χ3v) is 1.95. The van der Waals surface area contributed by atoms with Crippen LogP contribution in [0.4, 0.5) is 0 Å². The van der Waals surface area contributed by atoms with E-state index in [0.717, 1.165) is 3.57 Å². The Kier molecular flexibility index (Phi) is 3.02.